The summed E-state index contributed by atoms with van der Waals surface area (Å²) in [6.07, 6.45) is 8.25. The molecule has 3 aliphatic heterocycles. The molecule has 0 aromatic rings. The van der Waals surface area contributed by atoms with E-state index in [0.717, 1.165) is 31.1 Å². The minimum absolute atomic E-state index is 0.898. The molecule has 3 heteroatoms. The van der Waals surface area contributed by atoms with Crippen LogP contribution in [-0.4, -0.2) is 50.3 Å². The zero-order valence-corrected chi connectivity index (χ0v) is 11.6. The van der Waals surface area contributed by atoms with Crippen LogP contribution < -0.4 is 5.32 Å². The molecule has 1 unspecified atom stereocenters. The Morgan fingerprint density at radius 2 is 1.78 bits per heavy atom. The normalized spacial score (nSPS) is 33.0. The Balaban J connectivity index is 1.53. The summed E-state index contributed by atoms with van der Waals surface area (Å²) in [5.74, 6) is 1.87. The third kappa shape index (κ3) is 3.06. The largest absolute Gasteiger partial charge is 0.381 e. The first-order chi connectivity index (χ1) is 8.93. The van der Waals surface area contributed by atoms with E-state index in [0.29, 0.717) is 0 Å². The van der Waals surface area contributed by atoms with Crippen LogP contribution in [0.5, 0.6) is 0 Å². The van der Waals surface area contributed by atoms with Gasteiger partial charge in [0.25, 0.3) is 0 Å². The molecule has 1 N–H and O–H groups in total. The quantitative estimate of drug-likeness (QED) is 0.830. The van der Waals surface area contributed by atoms with Crippen LogP contribution in [0.4, 0.5) is 0 Å². The lowest BCUT2D eigenvalue weighted by Crippen LogP contribution is -2.43. The topological polar surface area (TPSA) is 24.5 Å². The number of piperidine rings is 1. The summed E-state index contributed by atoms with van der Waals surface area (Å²) in [5, 5.41) is 3.50. The molecule has 3 heterocycles. The van der Waals surface area contributed by atoms with Crippen molar-refractivity contribution in [1.29, 1.82) is 0 Å². The Hall–Kier alpha value is -0.120. The van der Waals surface area contributed by atoms with Crippen molar-refractivity contribution in [3.63, 3.8) is 0 Å². The summed E-state index contributed by atoms with van der Waals surface area (Å²) in [6.45, 7) is 7.18. The maximum Gasteiger partial charge on any atom is 0.0469 e. The first-order valence-corrected chi connectivity index (χ1v) is 7.96. The highest BCUT2D eigenvalue weighted by Gasteiger charge is 2.33. The second-order valence-corrected chi connectivity index (χ2v) is 6.35. The van der Waals surface area contributed by atoms with E-state index in [4.69, 9.17) is 4.74 Å². The van der Waals surface area contributed by atoms with Crippen LogP contribution in [0, 0.1) is 11.8 Å². The molecule has 0 saturated carbocycles. The van der Waals surface area contributed by atoms with Crippen LogP contribution in [0.15, 0.2) is 0 Å². The lowest BCUT2D eigenvalue weighted by Gasteiger charge is -2.36. The number of nitrogens with one attached hydrogen (secondary N) is 1. The van der Waals surface area contributed by atoms with Crippen molar-refractivity contribution in [1.82, 2.24) is 10.2 Å². The van der Waals surface area contributed by atoms with Crippen molar-refractivity contribution in [2.45, 2.75) is 44.6 Å². The lowest BCUT2D eigenvalue weighted by molar-refractivity contribution is 0.0446. The van der Waals surface area contributed by atoms with Gasteiger partial charge in [0, 0.05) is 25.8 Å². The number of hydrogen-bond acceptors (Lipinski definition) is 3. The van der Waals surface area contributed by atoms with Gasteiger partial charge in [0.2, 0.25) is 0 Å². The molecule has 3 rings (SSSR count). The van der Waals surface area contributed by atoms with Crippen LogP contribution in [0.25, 0.3) is 0 Å². The number of likely N-dealkylation sites (tertiary alicyclic amines) is 1. The monoisotopic (exact) mass is 252 g/mol. The summed E-state index contributed by atoms with van der Waals surface area (Å²) < 4.78 is 5.48. The highest BCUT2D eigenvalue weighted by atomic mass is 16.5. The third-order valence-corrected chi connectivity index (χ3v) is 5.18. The number of ether oxygens (including phenoxy) is 1. The number of nitrogens with zero attached hydrogens (tertiary/aromatic N) is 1. The summed E-state index contributed by atoms with van der Waals surface area (Å²) in [7, 11) is 0. The standard InChI is InChI=1S/C15H28N2O/c1-2-15(14-3-7-16-8-4-14)17(9-1)12-13-5-10-18-11-6-13/h13-16H,1-12H2. The second-order valence-electron chi connectivity index (χ2n) is 6.35. The van der Waals surface area contributed by atoms with Crippen LogP contribution in [-0.2, 0) is 4.74 Å². The van der Waals surface area contributed by atoms with E-state index >= 15 is 0 Å². The molecule has 104 valence electrons. The molecule has 1 atom stereocenters. The molecule has 0 aliphatic carbocycles. The van der Waals surface area contributed by atoms with Gasteiger partial charge in [0.05, 0.1) is 0 Å². The second kappa shape index (κ2) is 6.36. The van der Waals surface area contributed by atoms with Gasteiger partial charge in [-0.2, -0.15) is 0 Å². The lowest BCUT2D eigenvalue weighted by atomic mass is 9.88. The molecule has 3 fully saturated rings. The highest BCUT2D eigenvalue weighted by molar-refractivity contribution is 4.88. The van der Waals surface area contributed by atoms with E-state index in [1.807, 2.05) is 0 Å². The highest BCUT2D eigenvalue weighted by Crippen LogP contribution is 2.31. The van der Waals surface area contributed by atoms with Gasteiger partial charge in [0.15, 0.2) is 0 Å². The van der Waals surface area contributed by atoms with Crippen molar-refractivity contribution in [2.75, 3.05) is 39.4 Å². The molecular weight excluding hydrogens is 224 g/mol. The van der Waals surface area contributed by atoms with Gasteiger partial charge in [-0.25, -0.2) is 0 Å². The van der Waals surface area contributed by atoms with Crippen LogP contribution in [0.2, 0.25) is 0 Å². The Labute approximate surface area is 111 Å². The average Bonchev–Trinajstić information content (AvgIpc) is 2.89. The van der Waals surface area contributed by atoms with Gasteiger partial charge in [-0.15, -0.1) is 0 Å². The van der Waals surface area contributed by atoms with E-state index in [1.165, 1.54) is 64.7 Å². The first-order valence-electron chi connectivity index (χ1n) is 7.96. The van der Waals surface area contributed by atoms with Crippen molar-refractivity contribution in [2.24, 2.45) is 11.8 Å². The SMILES string of the molecule is C1CC(C2CCNCC2)N(CC2CCOCC2)C1. The minimum atomic E-state index is 0.898. The fourth-order valence-electron chi connectivity index (χ4n) is 4.10. The predicted octanol–water partition coefficient (Wildman–Crippen LogP) is 1.88. The predicted molar refractivity (Wildman–Crippen MR) is 73.7 cm³/mol. The van der Waals surface area contributed by atoms with Gasteiger partial charge in [-0.1, -0.05) is 0 Å². The molecule has 0 bridgehead atoms. The Morgan fingerprint density at radius 1 is 1.00 bits per heavy atom. The fourth-order valence-corrected chi connectivity index (χ4v) is 4.10. The van der Waals surface area contributed by atoms with Gasteiger partial charge in [-0.05, 0) is 70.0 Å². The molecule has 0 radical (unpaired) electrons. The van der Waals surface area contributed by atoms with Crippen molar-refractivity contribution < 1.29 is 4.74 Å². The number of hydrogen-bond donors (Lipinski definition) is 1. The van der Waals surface area contributed by atoms with Crippen molar-refractivity contribution >= 4 is 0 Å². The summed E-state index contributed by atoms with van der Waals surface area (Å²) in [4.78, 5) is 2.83. The Morgan fingerprint density at radius 3 is 2.56 bits per heavy atom. The maximum absolute atomic E-state index is 5.48. The maximum atomic E-state index is 5.48. The van der Waals surface area contributed by atoms with Crippen LogP contribution in [0.1, 0.15) is 38.5 Å². The van der Waals surface area contributed by atoms with Gasteiger partial charge < -0.3 is 10.1 Å². The number of rotatable bonds is 3. The Bertz CT molecular complexity index is 247. The smallest absolute Gasteiger partial charge is 0.0469 e. The van der Waals surface area contributed by atoms with E-state index in [2.05, 4.69) is 10.2 Å². The average molecular weight is 252 g/mol. The molecule has 0 spiro atoms. The molecule has 18 heavy (non-hydrogen) atoms. The van der Waals surface area contributed by atoms with E-state index < -0.39 is 0 Å². The molecule has 3 nitrogen and oxygen atoms in total. The van der Waals surface area contributed by atoms with Gasteiger partial charge in [-0.3, -0.25) is 4.90 Å². The summed E-state index contributed by atoms with van der Waals surface area (Å²) in [6, 6.07) is 0.898. The Kier molecular flexibility index (Phi) is 4.55. The van der Waals surface area contributed by atoms with Crippen molar-refractivity contribution in [3.05, 3.63) is 0 Å². The van der Waals surface area contributed by atoms with Crippen molar-refractivity contribution in [3.8, 4) is 0 Å². The summed E-state index contributed by atoms with van der Waals surface area (Å²) >= 11 is 0. The molecule has 0 aromatic carbocycles. The molecular formula is C15H28N2O. The van der Waals surface area contributed by atoms with Gasteiger partial charge >= 0.3 is 0 Å². The third-order valence-electron chi connectivity index (χ3n) is 5.18. The van der Waals surface area contributed by atoms with E-state index in [-0.39, 0.29) is 0 Å². The summed E-state index contributed by atoms with van der Waals surface area (Å²) in [5.41, 5.74) is 0. The van der Waals surface area contributed by atoms with Crippen LogP contribution in [0.3, 0.4) is 0 Å². The minimum Gasteiger partial charge on any atom is -0.381 e. The van der Waals surface area contributed by atoms with Gasteiger partial charge in [0.1, 0.15) is 0 Å². The van der Waals surface area contributed by atoms with Crippen LogP contribution >= 0.6 is 0 Å². The zero-order chi connectivity index (χ0) is 12.2. The molecule has 0 aromatic heterocycles. The fraction of sp³-hybridized carbons (Fsp3) is 1.00. The zero-order valence-electron chi connectivity index (χ0n) is 11.6. The van der Waals surface area contributed by atoms with E-state index in [1.54, 1.807) is 0 Å². The first kappa shape index (κ1) is 12.9. The molecule has 3 aliphatic rings. The van der Waals surface area contributed by atoms with E-state index in [9.17, 15) is 0 Å². The molecule has 3 saturated heterocycles. The molecule has 0 amide bonds.